The van der Waals surface area contributed by atoms with Gasteiger partial charge in [-0.15, -0.1) is 0 Å². The normalized spacial score (nSPS) is 22.4. The molecule has 1 saturated carbocycles. The minimum atomic E-state index is 0.0328. The smallest absolute Gasteiger partial charge is 0.251 e. The molecule has 0 bridgehead atoms. The number of carbonyl (C=O) groups excluding carboxylic acids is 1. The lowest BCUT2D eigenvalue weighted by molar-refractivity contribution is 0.0944. The highest BCUT2D eigenvalue weighted by atomic mass is 79.9. The molecule has 0 radical (unpaired) electrons. The fourth-order valence-electron chi connectivity index (χ4n) is 2.68. The van der Waals surface area contributed by atoms with Gasteiger partial charge in [-0.3, -0.25) is 4.79 Å². The molecule has 2 rings (SSSR count). The van der Waals surface area contributed by atoms with Crippen LogP contribution in [0.1, 0.15) is 36.0 Å². The molecule has 1 aromatic carbocycles. The van der Waals surface area contributed by atoms with Crippen molar-refractivity contribution >= 4 is 27.5 Å². The third kappa shape index (κ3) is 4.23. The molecule has 0 heterocycles. The van der Waals surface area contributed by atoms with Crippen molar-refractivity contribution in [2.24, 2.45) is 5.92 Å². The molecule has 0 spiro atoms. The van der Waals surface area contributed by atoms with Crippen LogP contribution in [0.4, 0.5) is 5.69 Å². The lowest BCUT2D eigenvalue weighted by Gasteiger charge is -2.25. The van der Waals surface area contributed by atoms with Crippen molar-refractivity contribution < 1.29 is 4.79 Å². The molecule has 1 N–H and O–H groups in total. The number of anilines is 1. The monoisotopic (exact) mass is 338 g/mol. The number of benzene rings is 1. The summed E-state index contributed by atoms with van der Waals surface area (Å²) in [6.45, 7) is 0.785. The Bertz CT molecular complexity index is 462. The summed E-state index contributed by atoms with van der Waals surface area (Å²) >= 11 is 3.69. The standard InChI is InChI=1S/C16H23BrN2O/c1-19(2)15-8-4-6-13(10-15)16(20)18-11-12-5-3-7-14(17)9-12/h4,6,8,10,12,14H,3,5,7,9,11H2,1-2H3,(H,18,20). The number of alkyl halides is 1. The van der Waals surface area contributed by atoms with Crippen LogP contribution >= 0.6 is 15.9 Å². The molecular formula is C16H23BrN2O. The average molecular weight is 339 g/mol. The molecule has 4 heteroatoms. The highest BCUT2D eigenvalue weighted by Gasteiger charge is 2.20. The van der Waals surface area contributed by atoms with E-state index in [0.29, 0.717) is 10.7 Å². The topological polar surface area (TPSA) is 32.3 Å². The van der Waals surface area contributed by atoms with Gasteiger partial charge in [0.05, 0.1) is 0 Å². The van der Waals surface area contributed by atoms with Crippen LogP contribution in [0.15, 0.2) is 24.3 Å². The van der Waals surface area contributed by atoms with Gasteiger partial charge in [0.15, 0.2) is 0 Å². The van der Waals surface area contributed by atoms with E-state index in [2.05, 4.69) is 21.2 Å². The Morgan fingerprint density at radius 2 is 2.20 bits per heavy atom. The zero-order valence-corrected chi connectivity index (χ0v) is 13.8. The Morgan fingerprint density at radius 3 is 2.90 bits per heavy atom. The number of rotatable bonds is 4. The molecule has 1 aromatic rings. The maximum atomic E-state index is 12.2. The van der Waals surface area contributed by atoms with Gasteiger partial charge in [0, 0.05) is 36.7 Å². The van der Waals surface area contributed by atoms with E-state index in [9.17, 15) is 4.79 Å². The number of hydrogen-bond donors (Lipinski definition) is 1. The van der Waals surface area contributed by atoms with Gasteiger partial charge in [0.1, 0.15) is 0 Å². The van der Waals surface area contributed by atoms with Crippen LogP contribution in [0, 0.1) is 5.92 Å². The van der Waals surface area contributed by atoms with Gasteiger partial charge < -0.3 is 10.2 Å². The maximum absolute atomic E-state index is 12.2. The molecule has 3 nitrogen and oxygen atoms in total. The van der Waals surface area contributed by atoms with Gasteiger partial charge in [-0.25, -0.2) is 0 Å². The van der Waals surface area contributed by atoms with Gasteiger partial charge >= 0.3 is 0 Å². The number of hydrogen-bond acceptors (Lipinski definition) is 2. The van der Waals surface area contributed by atoms with Gasteiger partial charge in [-0.2, -0.15) is 0 Å². The second kappa shape index (κ2) is 7.11. The molecule has 0 aromatic heterocycles. The number of nitrogens with zero attached hydrogens (tertiary/aromatic N) is 1. The van der Waals surface area contributed by atoms with E-state index in [4.69, 9.17) is 0 Å². The van der Waals surface area contributed by atoms with Crippen LogP contribution in [0.3, 0.4) is 0 Å². The van der Waals surface area contributed by atoms with E-state index in [0.717, 1.165) is 24.2 Å². The minimum Gasteiger partial charge on any atom is -0.378 e. The molecule has 1 amide bonds. The summed E-state index contributed by atoms with van der Waals surface area (Å²) in [5.41, 5.74) is 1.79. The Labute approximate surface area is 129 Å². The summed E-state index contributed by atoms with van der Waals surface area (Å²) in [6, 6.07) is 7.74. The summed E-state index contributed by atoms with van der Waals surface area (Å²) in [5, 5.41) is 3.08. The first-order valence-electron chi connectivity index (χ1n) is 7.26. The first kappa shape index (κ1) is 15.4. The lowest BCUT2D eigenvalue weighted by Crippen LogP contribution is -2.32. The van der Waals surface area contributed by atoms with Crippen LogP contribution < -0.4 is 10.2 Å². The van der Waals surface area contributed by atoms with Crippen molar-refractivity contribution in [3.8, 4) is 0 Å². The predicted molar refractivity (Wildman–Crippen MR) is 87.8 cm³/mol. The second-order valence-electron chi connectivity index (χ2n) is 5.78. The number of amides is 1. The summed E-state index contributed by atoms with van der Waals surface area (Å²) in [6.07, 6.45) is 4.90. The fraction of sp³-hybridized carbons (Fsp3) is 0.562. The number of halogens is 1. The molecule has 1 fully saturated rings. The third-order valence-electron chi connectivity index (χ3n) is 3.89. The summed E-state index contributed by atoms with van der Waals surface area (Å²) in [5.74, 6) is 0.638. The van der Waals surface area contributed by atoms with Gasteiger partial charge in [0.2, 0.25) is 0 Å². The van der Waals surface area contributed by atoms with Gasteiger partial charge in [-0.05, 0) is 43.4 Å². The van der Waals surface area contributed by atoms with E-state index in [-0.39, 0.29) is 5.91 Å². The predicted octanol–water partition coefficient (Wildman–Crippen LogP) is 3.44. The highest BCUT2D eigenvalue weighted by Crippen LogP contribution is 2.28. The average Bonchev–Trinajstić information content (AvgIpc) is 2.45. The fourth-order valence-corrected chi connectivity index (χ4v) is 3.53. The summed E-state index contributed by atoms with van der Waals surface area (Å²) in [4.78, 5) is 14.8. The van der Waals surface area contributed by atoms with Gasteiger partial charge in [0.25, 0.3) is 5.91 Å². The Kier molecular flexibility index (Phi) is 5.46. The van der Waals surface area contributed by atoms with Crippen LogP contribution in [0.5, 0.6) is 0 Å². The van der Waals surface area contributed by atoms with E-state index in [1.54, 1.807) is 0 Å². The highest BCUT2D eigenvalue weighted by molar-refractivity contribution is 9.09. The molecule has 0 saturated heterocycles. The number of carbonyl (C=O) groups is 1. The molecule has 2 unspecified atom stereocenters. The van der Waals surface area contributed by atoms with Crippen molar-refractivity contribution in [1.82, 2.24) is 5.32 Å². The summed E-state index contributed by atoms with van der Waals surface area (Å²) in [7, 11) is 3.96. The van der Waals surface area contributed by atoms with E-state index < -0.39 is 0 Å². The third-order valence-corrected chi connectivity index (χ3v) is 4.73. The van der Waals surface area contributed by atoms with Crippen molar-refractivity contribution in [1.29, 1.82) is 0 Å². The molecule has 1 aliphatic carbocycles. The van der Waals surface area contributed by atoms with E-state index in [1.165, 1.54) is 19.3 Å². The zero-order chi connectivity index (χ0) is 14.5. The minimum absolute atomic E-state index is 0.0328. The molecule has 20 heavy (non-hydrogen) atoms. The van der Waals surface area contributed by atoms with Crippen LogP contribution in [-0.4, -0.2) is 31.4 Å². The maximum Gasteiger partial charge on any atom is 0.251 e. The summed E-state index contributed by atoms with van der Waals surface area (Å²) < 4.78 is 0. The number of nitrogens with one attached hydrogen (secondary N) is 1. The lowest BCUT2D eigenvalue weighted by atomic mass is 9.89. The first-order valence-corrected chi connectivity index (χ1v) is 8.17. The molecule has 110 valence electrons. The Hall–Kier alpha value is -1.03. The quantitative estimate of drug-likeness (QED) is 0.853. The molecular weight excluding hydrogens is 316 g/mol. The van der Waals surface area contributed by atoms with E-state index in [1.807, 2.05) is 43.3 Å². The first-order chi connectivity index (χ1) is 9.56. The van der Waals surface area contributed by atoms with Crippen molar-refractivity contribution in [2.75, 3.05) is 25.5 Å². The Balaban J connectivity index is 1.89. The molecule has 0 aliphatic heterocycles. The van der Waals surface area contributed by atoms with Gasteiger partial charge in [-0.1, -0.05) is 28.4 Å². The zero-order valence-electron chi connectivity index (χ0n) is 12.2. The Morgan fingerprint density at radius 1 is 1.40 bits per heavy atom. The second-order valence-corrected chi connectivity index (χ2v) is 7.08. The van der Waals surface area contributed by atoms with Crippen molar-refractivity contribution in [2.45, 2.75) is 30.5 Å². The largest absolute Gasteiger partial charge is 0.378 e. The van der Waals surface area contributed by atoms with Crippen molar-refractivity contribution in [3.63, 3.8) is 0 Å². The van der Waals surface area contributed by atoms with Crippen LogP contribution in [0.2, 0.25) is 0 Å². The van der Waals surface area contributed by atoms with Crippen LogP contribution in [0.25, 0.3) is 0 Å². The molecule has 2 atom stereocenters. The van der Waals surface area contributed by atoms with Crippen LogP contribution in [-0.2, 0) is 0 Å². The van der Waals surface area contributed by atoms with E-state index >= 15 is 0 Å². The van der Waals surface area contributed by atoms with Crippen molar-refractivity contribution in [3.05, 3.63) is 29.8 Å². The molecule has 1 aliphatic rings. The SMILES string of the molecule is CN(C)c1cccc(C(=O)NCC2CCCC(Br)C2)c1.